The molecule has 0 saturated carbocycles. The smallest absolute Gasteiger partial charge is 0 e. The van der Waals surface area contributed by atoms with Crippen LogP contribution in [0.4, 0.5) is 0 Å². The average Bonchev–Trinajstić information content (AvgIpc) is 3.49. The maximum atomic E-state index is 2.48. The summed E-state index contributed by atoms with van der Waals surface area (Å²) in [5, 5.41) is 5.02. The molecule has 192 valence electrons. The monoisotopic (exact) mass is 542 g/mol. The molecule has 0 fully saturated rings. The zero-order chi connectivity index (χ0) is 24.8. The van der Waals surface area contributed by atoms with E-state index in [4.69, 9.17) is 0 Å². The Morgan fingerprint density at radius 3 is 1.40 bits per heavy atom. The molecule has 4 rings (SSSR count). The average molecular weight is 542 g/mol. The Morgan fingerprint density at radius 2 is 1.03 bits per heavy atom. The van der Waals surface area contributed by atoms with Gasteiger partial charge in [-0.1, -0.05) is 109 Å². The summed E-state index contributed by atoms with van der Waals surface area (Å²) in [7, 11) is -0.771. The summed E-state index contributed by atoms with van der Waals surface area (Å²) < 4.78 is 0. The van der Waals surface area contributed by atoms with Crippen molar-refractivity contribution in [3.05, 3.63) is 115 Å². The Bertz CT molecular complexity index is 1010. The quantitative estimate of drug-likeness (QED) is 0.134. The van der Waals surface area contributed by atoms with Crippen LogP contribution in [-0.2, 0) is 17.1 Å². The van der Waals surface area contributed by atoms with E-state index in [9.17, 15) is 0 Å². The van der Waals surface area contributed by atoms with E-state index in [0.29, 0.717) is 16.0 Å². The molecule has 0 heterocycles. The van der Waals surface area contributed by atoms with Crippen molar-refractivity contribution in [2.75, 3.05) is 0 Å². The van der Waals surface area contributed by atoms with Crippen LogP contribution in [0.3, 0.4) is 0 Å². The summed E-state index contributed by atoms with van der Waals surface area (Å²) in [6.45, 7) is 17.1. The molecule has 4 aromatic rings. The first-order chi connectivity index (χ1) is 16.1. The van der Waals surface area contributed by atoms with Crippen molar-refractivity contribution in [1.82, 2.24) is 0 Å². The van der Waals surface area contributed by atoms with Crippen LogP contribution < -0.4 is 15.9 Å². The Kier molecular flexibility index (Phi) is 11.2. The molecule has 0 unspecified atom stereocenters. The van der Waals surface area contributed by atoms with Gasteiger partial charge in [0.25, 0.3) is 0 Å². The maximum absolute atomic E-state index is 2.48. The summed E-state index contributed by atoms with van der Waals surface area (Å²) >= 11 is 0. The van der Waals surface area contributed by atoms with Crippen LogP contribution in [0.2, 0.25) is 0 Å². The van der Waals surface area contributed by atoms with Crippen molar-refractivity contribution in [2.45, 2.75) is 64.4 Å². The molecule has 4 aromatic carbocycles. The molecular formula is C32H40FeP2-6. The van der Waals surface area contributed by atoms with Gasteiger partial charge in [-0.25, -0.2) is 12.1 Å². The van der Waals surface area contributed by atoms with Gasteiger partial charge in [-0.3, -0.25) is 0 Å². The third-order valence-electron chi connectivity index (χ3n) is 5.93. The van der Waals surface area contributed by atoms with Crippen LogP contribution in [0, 0.1) is 0 Å². The summed E-state index contributed by atoms with van der Waals surface area (Å²) in [6.07, 6.45) is 0. The first-order valence-electron chi connectivity index (χ1n) is 12.2. The number of hydrogen-bond acceptors (Lipinski definition) is 0. The molecule has 0 spiro atoms. The number of benzene rings is 2. The van der Waals surface area contributed by atoms with E-state index in [1.807, 2.05) is 30.3 Å². The topological polar surface area (TPSA) is 0 Å². The van der Waals surface area contributed by atoms with E-state index < -0.39 is 7.92 Å². The molecule has 1 atom stereocenters. The van der Waals surface area contributed by atoms with Crippen LogP contribution in [0.5, 0.6) is 0 Å². The van der Waals surface area contributed by atoms with Gasteiger partial charge in [0.1, 0.15) is 0 Å². The predicted octanol–water partition coefficient (Wildman–Crippen LogP) is 8.71. The molecule has 3 heteroatoms. The summed E-state index contributed by atoms with van der Waals surface area (Å²) in [6, 6.07) is 39.2. The fraction of sp³-hybridized carbons (Fsp3) is 0.312. The van der Waals surface area contributed by atoms with Crippen molar-refractivity contribution >= 4 is 31.8 Å². The van der Waals surface area contributed by atoms with Gasteiger partial charge in [-0.2, -0.15) is 6.07 Å². The first kappa shape index (κ1) is 29.7. The fourth-order valence-electron chi connectivity index (χ4n) is 5.19. The Morgan fingerprint density at radius 1 is 0.629 bits per heavy atom. The van der Waals surface area contributed by atoms with Crippen LogP contribution in [0.1, 0.15) is 59.7 Å². The van der Waals surface area contributed by atoms with Crippen molar-refractivity contribution in [2.24, 2.45) is 0 Å². The zero-order valence-corrected chi connectivity index (χ0v) is 25.1. The molecule has 0 aliphatic heterocycles. The van der Waals surface area contributed by atoms with E-state index in [-0.39, 0.29) is 25.0 Å². The molecule has 0 radical (unpaired) electrons. The van der Waals surface area contributed by atoms with E-state index in [1.54, 1.807) is 5.56 Å². The van der Waals surface area contributed by atoms with E-state index in [2.05, 4.69) is 127 Å². The molecular weight excluding hydrogens is 502 g/mol. The van der Waals surface area contributed by atoms with Gasteiger partial charge in [-0.05, 0) is 34.5 Å². The third kappa shape index (κ3) is 8.00. The first-order valence-corrected chi connectivity index (χ1v) is 15.0. The summed E-state index contributed by atoms with van der Waals surface area (Å²) in [4.78, 5) is 0. The maximum Gasteiger partial charge on any atom is 0 e. The fourth-order valence-corrected chi connectivity index (χ4v) is 12.7. The van der Waals surface area contributed by atoms with E-state index in [0.717, 1.165) is 0 Å². The number of hydrogen-bond donors (Lipinski definition) is 0. The molecule has 0 amide bonds. The van der Waals surface area contributed by atoms with Crippen molar-refractivity contribution in [3.63, 3.8) is 0 Å². The molecule has 0 N–H and O–H groups in total. The van der Waals surface area contributed by atoms with E-state index >= 15 is 0 Å². The van der Waals surface area contributed by atoms with Crippen LogP contribution in [-0.4, -0.2) is 10.3 Å². The van der Waals surface area contributed by atoms with Crippen molar-refractivity contribution in [1.29, 1.82) is 0 Å². The zero-order valence-electron chi connectivity index (χ0n) is 22.2. The molecule has 0 aromatic heterocycles. The Balaban J connectivity index is 0.000000640. The van der Waals surface area contributed by atoms with Gasteiger partial charge in [0.2, 0.25) is 0 Å². The Hall–Kier alpha value is -1.48. The molecule has 0 bridgehead atoms. The molecule has 0 aliphatic carbocycles. The van der Waals surface area contributed by atoms with Gasteiger partial charge in [0.15, 0.2) is 0 Å². The SMILES string of the molecule is C[C@@H]([c-]1cccc1P(c1ccccc1)c1ccccc1)P(C(C)(C)C)C(C)(C)C.[Fe].[cH-]1[cH-][cH-][cH-][cH-]1. The number of rotatable bonds is 5. The second kappa shape index (κ2) is 13.2. The standard InChI is InChI=1S/C27H35P2.C5H5.Fe/c1-21(29(26(2,3)4)27(5,6)7)24-19-14-20-25(24)28(22-15-10-8-11-16-22)23-17-12-9-13-18-23;1-2-4-5-3-1;/h8-21H,1-7H3;1-5H;/q-1;-5;/t21-;;/m0../s1. The second-order valence-electron chi connectivity index (χ2n) is 10.7. The van der Waals surface area contributed by atoms with Gasteiger partial charge >= 0.3 is 0 Å². The molecule has 0 saturated heterocycles. The predicted molar refractivity (Wildman–Crippen MR) is 158 cm³/mol. The van der Waals surface area contributed by atoms with Crippen LogP contribution in [0.25, 0.3) is 0 Å². The van der Waals surface area contributed by atoms with Crippen molar-refractivity contribution in [3.8, 4) is 0 Å². The van der Waals surface area contributed by atoms with Gasteiger partial charge < -0.3 is 30.3 Å². The van der Waals surface area contributed by atoms with Gasteiger partial charge in [-0.15, -0.1) is 18.8 Å². The molecule has 0 nitrogen and oxygen atoms in total. The minimum atomic E-state index is -0.548. The van der Waals surface area contributed by atoms with E-state index in [1.165, 1.54) is 15.9 Å². The largest absolute Gasteiger partial charge is 0.748 e. The van der Waals surface area contributed by atoms with Crippen LogP contribution in [0.15, 0.2) is 109 Å². The van der Waals surface area contributed by atoms with Gasteiger partial charge in [0, 0.05) is 17.1 Å². The van der Waals surface area contributed by atoms with Gasteiger partial charge in [0.05, 0.1) is 0 Å². The summed E-state index contributed by atoms with van der Waals surface area (Å²) in [5.74, 6) is 0. The van der Waals surface area contributed by atoms with Crippen LogP contribution >= 0.6 is 15.8 Å². The minimum Gasteiger partial charge on any atom is -0.748 e. The Labute approximate surface area is 227 Å². The second-order valence-corrected chi connectivity index (χ2v) is 17.1. The normalized spacial score (nSPS) is 12.6. The third-order valence-corrected chi connectivity index (χ3v) is 12.4. The van der Waals surface area contributed by atoms with Crippen molar-refractivity contribution < 1.29 is 17.1 Å². The minimum absolute atomic E-state index is 0. The summed E-state index contributed by atoms with van der Waals surface area (Å²) in [5.41, 5.74) is 2.12. The molecule has 35 heavy (non-hydrogen) atoms. The molecule has 0 aliphatic rings.